The quantitative estimate of drug-likeness (QED) is 0.336. The number of halogens is 1. The molecule has 1 aromatic heterocycles. The van der Waals surface area contributed by atoms with Gasteiger partial charge in [0.05, 0.1) is 10.7 Å². The number of rotatable bonds is 5. The van der Waals surface area contributed by atoms with Crippen LogP contribution < -0.4 is 16.0 Å². The highest BCUT2D eigenvalue weighted by Crippen LogP contribution is 2.31. The second kappa shape index (κ2) is 10.0. The van der Waals surface area contributed by atoms with E-state index in [1.165, 1.54) is 10.4 Å². The van der Waals surface area contributed by atoms with Gasteiger partial charge < -0.3 is 16.0 Å². The third-order valence-electron chi connectivity index (χ3n) is 4.49. The van der Waals surface area contributed by atoms with Crippen LogP contribution in [0.4, 0.5) is 5.69 Å². The Bertz CT molecular complexity index is 820. The lowest BCUT2D eigenvalue weighted by Crippen LogP contribution is -2.41. The number of amides is 1. The van der Waals surface area contributed by atoms with Crippen molar-refractivity contribution in [2.75, 3.05) is 25.5 Å². The number of benzene rings is 1. The molecule has 0 aliphatic carbocycles. The van der Waals surface area contributed by atoms with E-state index in [9.17, 15) is 4.79 Å². The summed E-state index contributed by atoms with van der Waals surface area (Å²) in [5.74, 6) is 0.965. The fourth-order valence-corrected chi connectivity index (χ4v) is 4.16. The van der Waals surface area contributed by atoms with Crippen LogP contribution >= 0.6 is 35.3 Å². The smallest absolute Gasteiger partial charge is 0.225 e. The summed E-state index contributed by atoms with van der Waals surface area (Å²) in [6.07, 6.45) is 1.41. The number of thiazole rings is 1. The summed E-state index contributed by atoms with van der Waals surface area (Å²) in [6, 6.07) is 7.98. The second-order valence-corrected chi connectivity index (χ2v) is 7.70. The van der Waals surface area contributed by atoms with E-state index in [1.807, 2.05) is 25.1 Å². The van der Waals surface area contributed by atoms with Crippen molar-refractivity contribution >= 4 is 52.9 Å². The number of carbonyl (C=O) groups is 1. The fourth-order valence-electron chi connectivity index (χ4n) is 3.22. The first kappa shape index (κ1) is 21.6. The molecule has 3 N–H and O–H groups in total. The average Bonchev–Trinajstić information content (AvgIpc) is 2.94. The van der Waals surface area contributed by atoms with E-state index < -0.39 is 0 Å². The lowest BCUT2D eigenvalue weighted by molar-refractivity contribution is -0.116. The number of hydrogen-bond acceptors (Lipinski definition) is 4. The van der Waals surface area contributed by atoms with Crippen LogP contribution in [0.2, 0.25) is 0 Å². The summed E-state index contributed by atoms with van der Waals surface area (Å²) in [5, 5.41) is 10.7. The van der Waals surface area contributed by atoms with Crippen molar-refractivity contribution in [1.29, 1.82) is 0 Å². The normalized spacial score (nSPS) is 16.2. The molecule has 3 rings (SSSR count). The van der Waals surface area contributed by atoms with Gasteiger partial charge in [-0.25, -0.2) is 4.98 Å². The molecule has 0 spiro atoms. The molecule has 0 saturated heterocycles. The summed E-state index contributed by atoms with van der Waals surface area (Å²) in [7, 11) is 1.76. The predicted octanol–water partition coefficient (Wildman–Crippen LogP) is 3.21. The fraction of sp³-hybridized carbons (Fsp3) is 0.421. The highest BCUT2D eigenvalue weighted by Gasteiger charge is 2.24. The summed E-state index contributed by atoms with van der Waals surface area (Å²) in [5.41, 5.74) is 3.20. The molecule has 27 heavy (non-hydrogen) atoms. The Hall–Kier alpha value is -1.68. The average molecular weight is 499 g/mol. The Morgan fingerprint density at radius 1 is 1.33 bits per heavy atom. The number of aryl methyl sites for hydroxylation is 2. The molecule has 2 heterocycles. The van der Waals surface area contributed by atoms with Gasteiger partial charge in [-0.1, -0.05) is 18.2 Å². The molecule has 146 valence electrons. The summed E-state index contributed by atoms with van der Waals surface area (Å²) >= 11 is 1.75. The largest absolute Gasteiger partial charge is 0.356 e. The molecule has 1 amide bonds. The number of nitrogens with one attached hydrogen (secondary N) is 3. The van der Waals surface area contributed by atoms with Gasteiger partial charge in [0.25, 0.3) is 0 Å². The first-order valence-electron chi connectivity index (χ1n) is 8.83. The third-order valence-corrected chi connectivity index (χ3v) is 5.62. The zero-order valence-corrected chi connectivity index (χ0v) is 19.0. The van der Waals surface area contributed by atoms with Crippen LogP contribution in [-0.4, -0.2) is 37.0 Å². The number of carbonyl (C=O) groups excluding carboxylic acids is 1. The van der Waals surface area contributed by atoms with Crippen molar-refractivity contribution in [2.45, 2.75) is 32.6 Å². The van der Waals surface area contributed by atoms with Gasteiger partial charge in [-0.3, -0.25) is 9.79 Å². The van der Waals surface area contributed by atoms with Crippen LogP contribution in [0.1, 0.15) is 33.5 Å². The molecule has 6 nitrogen and oxygen atoms in total. The Labute approximate surface area is 181 Å². The summed E-state index contributed by atoms with van der Waals surface area (Å²) in [6.45, 7) is 5.55. The highest BCUT2D eigenvalue weighted by atomic mass is 127. The minimum absolute atomic E-state index is 0. The van der Waals surface area contributed by atoms with E-state index in [0.717, 1.165) is 35.3 Å². The van der Waals surface area contributed by atoms with Crippen LogP contribution in [0.25, 0.3) is 0 Å². The van der Waals surface area contributed by atoms with E-state index in [0.29, 0.717) is 13.0 Å². The lowest BCUT2D eigenvalue weighted by Gasteiger charge is -2.26. The molecule has 2 aromatic rings. The van der Waals surface area contributed by atoms with E-state index in [2.05, 4.69) is 38.9 Å². The molecule has 0 bridgehead atoms. The van der Waals surface area contributed by atoms with Crippen molar-refractivity contribution < 1.29 is 4.79 Å². The number of para-hydroxylation sites is 1. The van der Waals surface area contributed by atoms with E-state index in [1.54, 1.807) is 18.4 Å². The van der Waals surface area contributed by atoms with Gasteiger partial charge in [-0.2, -0.15) is 0 Å². The van der Waals surface area contributed by atoms with Crippen LogP contribution in [0.3, 0.4) is 0 Å². The summed E-state index contributed by atoms with van der Waals surface area (Å²) in [4.78, 5) is 22.0. The third kappa shape index (κ3) is 5.65. The molecule has 8 heteroatoms. The van der Waals surface area contributed by atoms with Crippen LogP contribution in [0, 0.1) is 13.8 Å². The Morgan fingerprint density at radius 2 is 2.11 bits per heavy atom. The van der Waals surface area contributed by atoms with Crippen LogP contribution in [-0.2, 0) is 11.2 Å². The van der Waals surface area contributed by atoms with E-state index in [4.69, 9.17) is 0 Å². The monoisotopic (exact) mass is 499 g/mol. The zero-order valence-electron chi connectivity index (χ0n) is 15.8. The Kier molecular flexibility index (Phi) is 8.03. The number of anilines is 1. The lowest BCUT2D eigenvalue weighted by atomic mass is 9.90. The first-order chi connectivity index (χ1) is 12.6. The Morgan fingerprint density at radius 3 is 2.81 bits per heavy atom. The number of nitrogens with zero attached hydrogens (tertiary/aromatic N) is 2. The van der Waals surface area contributed by atoms with Crippen LogP contribution in [0.5, 0.6) is 0 Å². The van der Waals surface area contributed by atoms with Gasteiger partial charge in [0.15, 0.2) is 5.96 Å². The van der Waals surface area contributed by atoms with Gasteiger partial charge in [0.2, 0.25) is 5.91 Å². The van der Waals surface area contributed by atoms with Crippen molar-refractivity contribution in [1.82, 2.24) is 15.6 Å². The molecule has 0 saturated carbocycles. The maximum absolute atomic E-state index is 11.9. The van der Waals surface area contributed by atoms with Gasteiger partial charge in [0, 0.05) is 49.5 Å². The van der Waals surface area contributed by atoms with Crippen molar-refractivity contribution in [3.8, 4) is 0 Å². The Balaban J connectivity index is 0.00000261. The molecule has 1 aromatic carbocycles. The van der Waals surface area contributed by atoms with Gasteiger partial charge in [-0.15, -0.1) is 35.3 Å². The standard InChI is InChI=1S/C19H25N5OS.HI/c1-12-17(26-13(2)23-12)8-9-21-19(20-3)22-11-14-10-18(25)24-16-7-5-4-6-15(14)16;/h4-7,14H,8-11H2,1-3H3,(H,24,25)(H2,20,21,22);1H. The minimum atomic E-state index is 0. The number of aliphatic imine (C=N–C) groups is 1. The number of hydrogen-bond donors (Lipinski definition) is 3. The molecule has 1 atom stereocenters. The maximum atomic E-state index is 11.9. The second-order valence-electron chi connectivity index (χ2n) is 6.41. The SMILES string of the molecule is CN=C(NCCc1sc(C)nc1C)NCC1CC(=O)Nc2ccccc21.I. The maximum Gasteiger partial charge on any atom is 0.225 e. The highest BCUT2D eigenvalue weighted by molar-refractivity contribution is 14.0. The summed E-state index contributed by atoms with van der Waals surface area (Å²) < 4.78 is 0. The molecule has 0 radical (unpaired) electrons. The predicted molar refractivity (Wildman–Crippen MR) is 123 cm³/mol. The zero-order chi connectivity index (χ0) is 18.5. The van der Waals surface area contributed by atoms with Crippen molar-refractivity contribution in [2.24, 2.45) is 4.99 Å². The molecule has 1 aliphatic rings. The number of fused-ring (bicyclic) bond motifs is 1. The first-order valence-corrected chi connectivity index (χ1v) is 9.64. The number of aromatic nitrogens is 1. The van der Waals surface area contributed by atoms with Gasteiger partial charge in [-0.05, 0) is 25.5 Å². The van der Waals surface area contributed by atoms with Crippen molar-refractivity contribution in [3.63, 3.8) is 0 Å². The molecular formula is C19H26IN5OS. The van der Waals surface area contributed by atoms with Crippen LogP contribution in [0.15, 0.2) is 29.3 Å². The van der Waals surface area contributed by atoms with E-state index >= 15 is 0 Å². The van der Waals surface area contributed by atoms with Gasteiger partial charge >= 0.3 is 0 Å². The number of guanidine groups is 1. The van der Waals surface area contributed by atoms with Gasteiger partial charge in [0.1, 0.15) is 0 Å². The molecular weight excluding hydrogens is 473 g/mol. The molecule has 1 unspecified atom stereocenters. The topological polar surface area (TPSA) is 78.4 Å². The van der Waals surface area contributed by atoms with E-state index in [-0.39, 0.29) is 35.8 Å². The molecule has 1 aliphatic heterocycles. The minimum Gasteiger partial charge on any atom is -0.356 e. The van der Waals surface area contributed by atoms with Crippen molar-refractivity contribution in [3.05, 3.63) is 45.4 Å². The molecule has 0 fully saturated rings.